The van der Waals surface area contributed by atoms with E-state index in [9.17, 15) is 18.8 Å². The molecular weight excluding hydrogens is 377 g/mol. The second kappa shape index (κ2) is 8.06. The maximum absolute atomic E-state index is 14.0. The highest BCUT2D eigenvalue weighted by molar-refractivity contribution is 6.00. The van der Waals surface area contributed by atoms with E-state index in [1.807, 2.05) is 0 Å². The number of para-hydroxylation sites is 1. The smallest absolute Gasteiger partial charge is 0.289 e. The minimum Gasteiger partial charge on any atom is -0.459 e. The Morgan fingerprint density at radius 3 is 2.55 bits per heavy atom. The molecule has 0 bridgehead atoms. The Bertz CT molecular complexity index is 906. The van der Waals surface area contributed by atoms with Gasteiger partial charge in [0.2, 0.25) is 11.8 Å². The van der Waals surface area contributed by atoms with Gasteiger partial charge < -0.3 is 19.5 Å². The van der Waals surface area contributed by atoms with Gasteiger partial charge >= 0.3 is 0 Å². The van der Waals surface area contributed by atoms with Gasteiger partial charge in [0, 0.05) is 32.1 Å². The summed E-state index contributed by atoms with van der Waals surface area (Å²) in [4.78, 5) is 40.3. The summed E-state index contributed by atoms with van der Waals surface area (Å²) >= 11 is 0. The van der Waals surface area contributed by atoms with Gasteiger partial charge in [0.15, 0.2) is 5.76 Å². The second-order valence-electron chi connectivity index (χ2n) is 7.41. The molecule has 2 saturated heterocycles. The van der Waals surface area contributed by atoms with Crippen LogP contribution in [0.3, 0.4) is 0 Å². The number of nitrogens with one attached hydrogen (secondary N) is 1. The molecule has 1 N–H and O–H groups in total. The fourth-order valence-electron chi connectivity index (χ4n) is 3.89. The fraction of sp³-hybridized carbons (Fsp3) is 0.381. The highest BCUT2D eigenvalue weighted by atomic mass is 19.1. The number of benzene rings is 1. The molecule has 2 aromatic rings. The highest BCUT2D eigenvalue weighted by Gasteiger charge is 2.37. The molecular formula is C21H22FN3O4. The minimum atomic E-state index is -0.509. The number of likely N-dealkylation sites (tertiary alicyclic amines) is 1. The van der Waals surface area contributed by atoms with Crippen molar-refractivity contribution in [3.63, 3.8) is 0 Å². The second-order valence-corrected chi connectivity index (χ2v) is 7.41. The molecule has 3 heterocycles. The number of anilines is 1. The summed E-state index contributed by atoms with van der Waals surface area (Å²) in [7, 11) is 0. The Balaban J connectivity index is 1.30. The SMILES string of the molecule is O=C(NC1CCN(C(=O)c2ccco2)CC1)C1CC(=O)N(c2ccccc2F)C1. The monoisotopic (exact) mass is 399 g/mol. The Labute approximate surface area is 167 Å². The van der Waals surface area contributed by atoms with Gasteiger partial charge in [0.05, 0.1) is 17.9 Å². The molecule has 8 heteroatoms. The lowest BCUT2D eigenvalue weighted by Crippen LogP contribution is -2.48. The predicted molar refractivity (Wildman–Crippen MR) is 103 cm³/mol. The first-order chi connectivity index (χ1) is 14.0. The number of hydrogen-bond donors (Lipinski definition) is 1. The van der Waals surface area contributed by atoms with Crippen molar-refractivity contribution in [3.05, 3.63) is 54.2 Å². The summed E-state index contributed by atoms with van der Waals surface area (Å²) in [5.74, 6) is -1.28. The third-order valence-corrected chi connectivity index (χ3v) is 5.50. The molecule has 1 aromatic carbocycles. The maximum Gasteiger partial charge on any atom is 0.289 e. The zero-order chi connectivity index (χ0) is 20.4. The standard InChI is InChI=1S/C21H22FN3O4/c22-16-4-1-2-5-17(16)25-13-14(12-19(25)26)20(27)23-15-7-9-24(10-8-15)21(28)18-6-3-11-29-18/h1-6,11,14-15H,7-10,12-13H2,(H,23,27). The zero-order valence-electron chi connectivity index (χ0n) is 15.8. The van der Waals surface area contributed by atoms with Gasteiger partial charge in [0.1, 0.15) is 5.82 Å². The highest BCUT2D eigenvalue weighted by Crippen LogP contribution is 2.27. The van der Waals surface area contributed by atoms with E-state index in [-0.39, 0.29) is 42.4 Å². The average Bonchev–Trinajstić information content (AvgIpc) is 3.39. The molecule has 1 aromatic heterocycles. The predicted octanol–water partition coefficient (Wildman–Crippen LogP) is 2.19. The lowest BCUT2D eigenvalue weighted by molar-refractivity contribution is -0.127. The largest absolute Gasteiger partial charge is 0.459 e. The average molecular weight is 399 g/mol. The minimum absolute atomic E-state index is 0.0548. The van der Waals surface area contributed by atoms with Crippen LogP contribution in [0, 0.1) is 11.7 Å². The lowest BCUT2D eigenvalue weighted by atomic mass is 10.0. The van der Waals surface area contributed by atoms with Crippen LogP contribution < -0.4 is 10.2 Å². The first-order valence-corrected chi connectivity index (χ1v) is 9.71. The first-order valence-electron chi connectivity index (χ1n) is 9.71. The van der Waals surface area contributed by atoms with Crippen LogP contribution in [-0.2, 0) is 9.59 Å². The van der Waals surface area contributed by atoms with Crippen molar-refractivity contribution in [2.45, 2.75) is 25.3 Å². The van der Waals surface area contributed by atoms with Crippen LogP contribution >= 0.6 is 0 Å². The summed E-state index contributed by atoms with van der Waals surface area (Å²) < 4.78 is 19.1. The molecule has 0 radical (unpaired) electrons. The van der Waals surface area contributed by atoms with E-state index in [1.54, 1.807) is 35.2 Å². The van der Waals surface area contributed by atoms with Crippen molar-refractivity contribution >= 4 is 23.4 Å². The third-order valence-electron chi connectivity index (χ3n) is 5.50. The van der Waals surface area contributed by atoms with Crippen LogP contribution in [0.4, 0.5) is 10.1 Å². The number of furan rings is 1. The van der Waals surface area contributed by atoms with E-state index in [0.717, 1.165) is 0 Å². The van der Waals surface area contributed by atoms with Crippen LogP contribution in [0.2, 0.25) is 0 Å². The van der Waals surface area contributed by atoms with Gasteiger partial charge in [-0.25, -0.2) is 4.39 Å². The summed E-state index contributed by atoms with van der Waals surface area (Å²) in [5, 5.41) is 2.99. The quantitative estimate of drug-likeness (QED) is 0.854. The molecule has 152 valence electrons. The van der Waals surface area contributed by atoms with Crippen LogP contribution in [0.1, 0.15) is 29.8 Å². The van der Waals surface area contributed by atoms with E-state index >= 15 is 0 Å². The molecule has 1 unspecified atom stereocenters. The number of carbonyl (C=O) groups excluding carboxylic acids is 3. The molecule has 29 heavy (non-hydrogen) atoms. The lowest BCUT2D eigenvalue weighted by Gasteiger charge is -2.32. The molecule has 0 aliphatic carbocycles. The Kier molecular flexibility index (Phi) is 5.33. The number of halogens is 1. The first kappa shape index (κ1) is 19.2. The van der Waals surface area contributed by atoms with Crippen LogP contribution in [-0.4, -0.2) is 48.3 Å². The number of piperidine rings is 1. The van der Waals surface area contributed by atoms with E-state index in [4.69, 9.17) is 4.42 Å². The molecule has 4 rings (SSSR count). The summed E-state index contributed by atoms with van der Waals surface area (Å²) in [6.07, 6.45) is 2.80. The van der Waals surface area contributed by atoms with Crippen molar-refractivity contribution in [1.82, 2.24) is 10.2 Å². The third kappa shape index (κ3) is 4.01. The van der Waals surface area contributed by atoms with Crippen molar-refractivity contribution < 1.29 is 23.2 Å². The Hall–Kier alpha value is -3.16. The van der Waals surface area contributed by atoms with Gasteiger partial charge in [-0.3, -0.25) is 14.4 Å². The molecule has 7 nitrogen and oxygen atoms in total. The van der Waals surface area contributed by atoms with Gasteiger partial charge in [-0.1, -0.05) is 12.1 Å². The van der Waals surface area contributed by atoms with E-state index in [0.29, 0.717) is 31.7 Å². The van der Waals surface area contributed by atoms with Crippen molar-refractivity contribution in [2.75, 3.05) is 24.5 Å². The maximum atomic E-state index is 14.0. The molecule has 2 aliphatic rings. The zero-order valence-corrected chi connectivity index (χ0v) is 15.8. The van der Waals surface area contributed by atoms with Crippen molar-refractivity contribution in [3.8, 4) is 0 Å². The van der Waals surface area contributed by atoms with Crippen LogP contribution in [0.25, 0.3) is 0 Å². The van der Waals surface area contributed by atoms with Crippen LogP contribution in [0.15, 0.2) is 47.1 Å². The van der Waals surface area contributed by atoms with E-state index in [2.05, 4.69) is 5.32 Å². The number of rotatable bonds is 4. The Morgan fingerprint density at radius 1 is 1.10 bits per heavy atom. The topological polar surface area (TPSA) is 82.9 Å². The number of carbonyl (C=O) groups is 3. The summed E-state index contributed by atoms with van der Waals surface area (Å²) in [6.45, 7) is 1.21. The molecule has 3 amide bonds. The summed E-state index contributed by atoms with van der Waals surface area (Å²) in [5.41, 5.74) is 0.206. The normalized spacial score (nSPS) is 20.2. The number of hydrogen-bond acceptors (Lipinski definition) is 4. The van der Waals surface area contributed by atoms with Gasteiger partial charge in [-0.05, 0) is 37.1 Å². The van der Waals surface area contributed by atoms with Gasteiger partial charge in [-0.2, -0.15) is 0 Å². The molecule has 0 saturated carbocycles. The van der Waals surface area contributed by atoms with Crippen molar-refractivity contribution in [2.24, 2.45) is 5.92 Å². The van der Waals surface area contributed by atoms with Gasteiger partial charge in [-0.15, -0.1) is 0 Å². The van der Waals surface area contributed by atoms with Crippen molar-refractivity contribution in [1.29, 1.82) is 0 Å². The molecule has 2 fully saturated rings. The molecule has 1 atom stereocenters. The van der Waals surface area contributed by atoms with E-state index in [1.165, 1.54) is 17.2 Å². The number of nitrogens with zero attached hydrogens (tertiary/aromatic N) is 2. The van der Waals surface area contributed by atoms with Crippen LogP contribution in [0.5, 0.6) is 0 Å². The Morgan fingerprint density at radius 2 is 1.86 bits per heavy atom. The summed E-state index contributed by atoms with van der Waals surface area (Å²) in [6, 6.07) is 9.32. The molecule has 0 spiro atoms. The number of amides is 3. The molecule has 2 aliphatic heterocycles. The van der Waals surface area contributed by atoms with E-state index < -0.39 is 11.7 Å². The van der Waals surface area contributed by atoms with Gasteiger partial charge in [0.25, 0.3) is 5.91 Å². The fourth-order valence-corrected chi connectivity index (χ4v) is 3.89.